The van der Waals surface area contributed by atoms with Gasteiger partial charge >= 0.3 is 5.69 Å². The fourth-order valence-corrected chi connectivity index (χ4v) is 1.73. The lowest BCUT2D eigenvalue weighted by molar-refractivity contribution is -0.131. The van der Waals surface area contributed by atoms with Gasteiger partial charge in [-0.25, -0.2) is 9.78 Å². The highest BCUT2D eigenvalue weighted by Gasteiger charge is 2.32. The molecule has 1 aromatic heterocycles. The summed E-state index contributed by atoms with van der Waals surface area (Å²) in [4.78, 5) is 27.9. The summed E-state index contributed by atoms with van der Waals surface area (Å²) in [5.74, 6) is -0.323. The normalized spacial score (nSPS) is 24.0. The van der Waals surface area contributed by atoms with E-state index in [9.17, 15) is 19.8 Å². The summed E-state index contributed by atoms with van der Waals surface area (Å²) in [5, 5.41) is 18.6. The quantitative estimate of drug-likeness (QED) is 0.611. The van der Waals surface area contributed by atoms with E-state index in [1.807, 2.05) is 0 Å². The number of aromatic nitrogens is 2. The Morgan fingerprint density at radius 1 is 1.41 bits per heavy atom. The number of β-amino-alcohol motifs (C(OH)–C–C–N with tert-alkyl or cyclic N) is 2. The van der Waals surface area contributed by atoms with Crippen LogP contribution in [-0.2, 0) is 11.3 Å². The Kier molecular flexibility index (Phi) is 3.21. The van der Waals surface area contributed by atoms with E-state index in [2.05, 4.69) is 4.98 Å². The second-order valence-electron chi connectivity index (χ2n) is 3.96. The fraction of sp³-hybridized carbons (Fsp3) is 0.500. The molecule has 1 fully saturated rings. The van der Waals surface area contributed by atoms with Gasteiger partial charge in [0.15, 0.2) is 0 Å². The van der Waals surface area contributed by atoms with Crippen molar-refractivity contribution in [2.24, 2.45) is 0 Å². The van der Waals surface area contributed by atoms with Crippen molar-refractivity contribution in [2.45, 2.75) is 18.8 Å². The molecule has 2 unspecified atom stereocenters. The van der Waals surface area contributed by atoms with Gasteiger partial charge in [0.2, 0.25) is 5.91 Å². The molecule has 0 bridgehead atoms. The van der Waals surface area contributed by atoms with Crippen LogP contribution in [0.25, 0.3) is 0 Å². The monoisotopic (exact) mass is 239 g/mol. The number of aliphatic hydroxyl groups excluding tert-OH is 2. The van der Waals surface area contributed by atoms with Crippen LogP contribution in [0.5, 0.6) is 0 Å². The van der Waals surface area contributed by atoms with E-state index in [-0.39, 0.29) is 25.5 Å². The second-order valence-corrected chi connectivity index (χ2v) is 3.96. The van der Waals surface area contributed by atoms with Gasteiger partial charge in [-0.15, -0.1) is 0 Å². The first-order valence-corrected chi connectivity index (χ1v) is 5.23. The van der Waals surface area contributed by atoms with E-state index in [4.69, 9.17) is 0 Å². The topological polar surface area (TPSA) is 95.7 Å². The number of hydrogen-bond donors (Lipinski definition) is 2. The van der Waals surface area contributed by atoms with Crippen LogP contribution >= 0.6 is 0 Å². The molecule has 2 N–H and O–H groups in total. The Morgan fingerprint density at radius 2 is 2.06 bits per heavy atom. The standard InChI is InChI=1S/C10H13N3O4/c14-7-4-13(5-8(7)15)9(16)6-12-3-1-2-11-10(12)17/h1-3,7-8,14-15H,4-6H2. The van der Waals surface area contributed by atoms with Crippen LogP contribution in [0.1, 0.15) is 0 Å². The number of carbonyl (C=O) groups is 1. The highest BCUT2D eigenvalue weighted by atomic mass is 16.3. The minimum absolute atomic E-state index is 0.0923. The lowest BCUT2D eigenvalue weighted by atomic mass is 10.3. The molecule has 1 aromatic rings. The van der Waals surface area contributed by atoms with Gasteiger partial charge in [-0.05, 0) is 6.07 Å². The SMILES string of the molecule is O=C(Cn1cccnc1=O)N1CC(O)C(O)C1. The highest BCUT2D eigenvalue weighted by molar-refractivity contribution is 5.76. The Labute approximate surface area is 96.9 Å². The molecule has 0 saturated carbocycles. The average molecular weight is 239 g/mol. The maximum Gasteiger partial charge on any atom is 0.347 e. The zero-order valence-electron chi connectivity index (χ0n) is 9.06. The van der Waals surface area contributed by atoms with Gasteiger partial charge < -0.3 is 15.1 Å². The molecular weight excluding hydrogens is 226 g/mol. The van der Waals surface area contributed by atoms with Gasteiger partial charge in [0.05, 0.1) is 12.2 Å². The molecule has 1 amide bonds. The zero-order valence-corrected chi connectivity index (χ0v) is 9.06. The Hall–Kier alpha value is -1.73. The van der Waals surface area contributed by atoms with Crippen LogP contribution in [0.4, 0.5) is 0 Å². The van der Waals surface area contributed by atoms with Crippen molar-refractivity contribution in [2.75, 3.05) is 13.1 Å². The number of likely N-dealkylation sites (tertiary alicyclic amines) is 1. The first kappa shape index (κ1) is 11.7. The first-order chi connectivity index (χ1) is 8.08. The molecule has 1 saturated heterocycles. The summed E-state index contributed by atoms with van der Waals surface area (Å²) in [6.07, 6.45) is 0.997. The van der Waals surface area contributed by atoms with Crippen LogP contribution in [0.15, 0.2) is 23.3 Å². The molecule has 7 nitrogen and oxygen atoms in total. The molecule has 2 rings (SSSR count). The lowest BCUT2D eigenvalue weighted by Crippen LogP contribution is -2.36. The predicted octanol–water partition coefficient (Wildman–Crippen LogP) is -2.19. The number of amides is 1. The maximum atomic E-state index is 11.8. The molecule has 0 aliphatic carbocycles. The van der Waals surface area contributed by atoms with Gasteiger partial charge in [-0.1, -0.05) is 0 Å². The van der Waals surface area contributed by atoms with Gasteiger partial charge in [0.1, 0.15) is 6.54 Å². The molecule has 2 heterocycles. The molecule has 0 aromatic carbocycles. The van der Waals surface area contributed by atoms with Crippen LogP contribution in [-0.4, -0.2) is 55.9 Å². The molecule has 2 atom stereocenters. The third kappa shape index (κ3) is 2.51. The van der Waals surface area contributed by atoms with E-state index in [0.717, 1.165) is 0 Å². The molecule has 0 spiro atoms. The maximum absolute atomic E-state index is 11.8. The van der Waals surface area contributed by atoms with E-state index in [1.165, 1.54) is 21.9 Å². The number of carbonyl (C=O) groups excluding carboxylic acids is 1. The molecule has 92 valence electrons. The van der Waals surface area contributed by atoms with Crippen LogP contribution in [0.2, 0.25) is 0 Å². The Morgan fingerprint density at radius 3 is 2.65 bits per heavy atom. The van der Waals surface area contributed by atoms with Gasteiger partial charge in [-0.2, -0.15) is 0 Å². The minimum atomic E-state index is -0.912. The average Bonchev–Trinajstić information content (AvgIpc) is 2.63. The highest BCUT2D eigenvalue weighted by Crippen LogP contribution is 2.10. The number of aliphatic hydroxyl groups is 2. The molecule has 7 heteroatoms. The van der Waals surface area contributed by atoms with Crippen molar-refractivity contribution in [1.82, 2.24) is 14.5 Å². The number of nitrogens with zero attached hydrogens (tertiary/aromatic N) is 3. The van der Waals surface area contributed by atoms with Gasteiger partial charge in [0, 0.05) is 25.5 Å². The van der Waals surface area contributed by atoms with Crippen LogP contribution in [0, 0.1) is 0 Å². The fourth-order valence-electron chi connectivity index (χ4n) is 1.73. The molecule has 1 aliphatic heterocycles. The van der Waals surface area contributed by atoms with E-state index in [1.54, 1.807) is 6.07 Å². The third-order valence-corrected chi connectivity index (χ3v) is 2.70. The van der Waals surface area contributed by atoms with Crippen molar-refractivity contribution < 1.29 is 15.0 Å². The van der Waals surface area contributed by atoms with Crippen LogP contribution in [0.3, 0.4) is 0 Å². The van der Waals surface area contributed by atoms with Crippen molar-refractivity contribution in [3.8, 4) is 0 Å². The summed E-state index contributed by atoms with van der Waals surface area (Å²) in [7, 11) is 0. The summed E-state index contributed by atoms with van der Waals surface area (Å²) >= 11 is 0. The molecule has 17 heavy (non-hydrogen) atoms. The molecule has 1 aliphatic rings. The summed E-state index contributed by atoms with van der Waals surface area (Å²) < 4.78 is 1.18. The Bertz CT molecular complexity index is 463. The Balaban J connectivity index is 2.03. The third-order valence-electron chi connectivity index (χ3n) is 2.70. The lowest BCUT2D eigenvalue weighted by Gasteiger charge is -2.15. The second kappa shape index (κ2) is 4.64. The first-order valence-electron chi connectivity index (χ1n) is 5.23. The van der Waals surface area contributed by atoms with E-state index < -0.39 is 17.9 Å². The van der Waals surface area contributed by atoms with Crippen LogP contribution < -0.4 is 5.69 Å². The van der Waals surface area contributed by atoms with Gasteiger partial charge in [-0.3, -0.25) is 9.36 Å². The minimum Gasteiger partial charge on any atom is -0.388 e. The number of hydrogen-bond acceptors (Lipinski definition) is 5. The van der Waals surface area contributed by atoms with Crippen molar-refractivity contribution in [1.29, 1.82) is 0 Å². The van der Waals surface area contributed by atoms with Crippen molar-refractivity contribution in [3.05, 3.63) is 28.9 Å². The summed E-state index contributed by atoms with van der Waals surface area (Å²) in [6.45, 7) is 0.0517. The largest absolute Gasteiger partial charge is 0.388 e. The summed E-state index contributed by atoms with van der Waals surface area (Å²) in [5.41, 5.74) is -0.499. The van der Waals surface area contributed by atoms with E-state index in [0.29, 0.717) is 0 Å². The molecule has 0 radical (unpaired) electrons. The van der Waals surface area contributed by atoms with Crippen molar-refractivity contribution >= 4 is 5.91 Å². The number of rotatable bonds is 2. The predicted molar refractivity (Wildman–Crippen MR) is 57.1 cm³/mol. The zero-order chi connectivity index (χ0) is 12.4. The van der Waals surface area contributed by atoms with Gasteiger partial charge in [0.25, 0.3) is 0 Å². The summed E-state index contributed by atoms with van der Waals surface area (Å²) in [6, 6.07) is 1.56. The van der Waals surface area contributed by atoms with Crippen molar-refractivity contribution in [3.63, 3.8) is 0 Å². The molecular formula is C10H13N3O4. The van der Waals surface area contributed by atoms with E-state index >= 15 is 0 Å². The smallest absolute Gasteiger partial charge is 0.347 e.